The summed E-state index contributed by atoms with van der Waals surface area (Å²) in [5, 5.41) is 9.54. The number of amides is 6. The average Bonchev–Trinajstić information content (AvgIpc) is 4.43. The van der Waals surface area contributed by atoms with Gasteiger partial charge < -0.3 is 54.5 Å². The lowest BCUT2D eigenvalue weighted by Gasteiger charge is -2.28. The summed E-state index contributed by atoms with van der Waals surface area (Å²) in [6.07, 6.45) is 16.6. The molecule has 4 aliphatic heterocycles. The van der Waals surface area contributed by atoms with Gasteiger partial charge in [-0.3, -0.25) is 19.2 Å². The van der Waals surface area contributed by atoms with E-state index in [2.05, 4.69) is 65.4 Å². The molecule has 442 valence electrons. The van der Waals surface area contributed by atoms with Crippen molar-refractivity contribution < 1.29 is 38.2 Å². The molecule has 80 heavy (non-hydrogen) atoms. The molecule has 8 aliphatic rings. The second-order valence-corrected chi connectivity index (χ2v) is 24.4. The van der Waals surface area contributed by atoms with Gasteiger partial charge in [-0.05, 0) is 144 Å². The fraction of sp³-hybridized carbons (Fsp3) is 0.737. The predicted molar refractivity (Wildman–Crippen MR) is 314 cm³/mol. The van der Waals surface area contributed by atoms with Gasteiger partial charge in [-0.15, -0.1) is 0 Å². The van der Waals surface area contributed by atoms with Crippen molar-refractivity contribution in [1.29, 1.82) is 0 Å². The molecule has 3 aromatic heterocycles. The summed E-state index contributed by atoms with van der Waals surface area (Å²) in [5.41, 5.74) is 1.41. The fourth-order valence-corrected chi connectivity index (χ4v) is 10.2. The number of hydrogen-bond donors (Lipinski definition) is 3. The van der Waals surface area contributed by atoms with Crippen molar-refractivity contribution in [2.75, 3.05) is 76.7 Å². The zero-order valence-electron chi connectivity index (χ0n) is 49.3. The quantitative estimate of drug-likeness (QED) is 0.134. The average molecular weight is 1230 g/mol. The zero-order chi connectivity index (χ0) is 58.1. The number of ether oxygens (including phenoxy) is 2. The van der Waals surface area contributed by atoms with Gasteiger partial charge in [0.25, 0.3) is 0 Å². The van der Waals surface area contributed by atoms with Gasteiger partial charge in [0.05, 0.1) is 17.6 Å². The van der Waals surface area contributed by atoms with E-state index in [0.717, 1.165) is 145 Å². The van der Waals surface area contributed by atoms with Crippen molar-refractivity contribution in [3.8, 4) is 11.4 Å². The normalized spacial score (nSPS) is 22.4. The molecule has 8 fully saturated rings. The molecule has 6 amide bonds. The Labute approximate surface area is 486 Å². The van der Waals surface area contributed by atoms with E-state index >= 15 is 0 Å². The first-order chi connectivity index (χ1) is 38.1. The first-order valence-electron chi connectivity index (χ1n) is 29.0. The van der Waals surface area contributed by atoms with Crippen LogP contribution in [0.2, 0.25) is 0 Å². The SMILES string of the molecule is CC(C)(C)OC(=O)N[C@H]1CCN(C(=O)C2CC2)C1.CCn1c(-c2cnc(C)nc2)nc2c(NC3CCN(C(=O)C4CC4)C3)ncnc21.CI.CN(C(=O)OC(C)(C)C)[C@H]1CCN(C(=O)C2CC2)C1.CN[C@H]1CCN(C(=O)C2CC2)C1. The number of halogens is 1. The molecule has 11 rings (SSSR count). The van der Waals surface area contributed by atoms with Crippen LogP contribution in [0, 0.1) is 30.6 Å². The van der Waals surface area contributed by atoms with Crippen molar-refractivity contribution in [1.82, 2.24) is 64.6 Å². The zero-order valence-corrected chi connectivity index (χ0v) is 51.4. The summed E-state index contributed by atoms with van der Waals surface area (Å²) in [4.78, 5) is 105. The number of alkyl carbamates (subject to hydrolysis) is 1. The van der Waals surface area contributed by atoms with Gasteiger partial charge in [0, 0.05) is 114 Å². The molecule has 0 bridgehead atoms. The van der Waals surface area contributed by atoms with E-state index in [1.807, 2.05) is 84.6 Å². The molecule has 4 saturated heterocycles. The van der Waals surface area contributed by atoms with Crippen LogP contribution >= 0.6 is 22.6 Å². The lowest BCUT2D eigenvalue weighted by atomic mass is 10.2. The number of anilines is 1. The maximum Gasteiger partial charge on any atom is 0.410 e. The minimum absolute atomic E-state index is 0.0301. The van der Waals surface area contributed by atoms with Crippen LogP contribution in [0.5, 0.6) is 0 Å². The van der Waals surface area contributed by atoms with Crippen LogP contribution in [0.1, 0.15) is 131 Å². The molecule has 3 aromatic rings. The van der Waals surface area contributed by atoms with E-state index < -0.39 is 17.3 Å². The maximum absolute atomic E-state index is 12.3. The Balaban J connectivity index is 0.000000160. The van der Waals surface area contributed by atoms with E-state index in [1.165, 1.54) is 0 Å². The molecule has 0 radical (unpaired) electrons. The van der Waals surface area contributed by atoms with E-state index in [4.69, 9.17) is 14.5 Å². The molecule has 4 atom stereocenters. The minimum atomic E-state index is -0.480. The summed E-state index contributed by atoms with van der Waals surface area (Å²) < 4.78 is 12.6. The molecule has 4 aliphatic carbocycles. The van der Waals surface area contributed by atoms with Crippen LogP contribution in [0.25, 0.3) is 22.6 Å². The van der Waals surface area contributed by atoms with Crippen LogP contribution in [0.4, 0.5) is 15.4 Å². The summed E-state index contributed by atoms with van der Waals surface area (Å²) in [6, 6.07) is 0.821. The number of alkyl halides is 1. The second kappa shape index (κ2) is 27.5. The smallest absolute Gasteiger partial charge is 0.410 e. The van der Waals surface area contributed by atoms with E-state index in [0.29, 0.717) is 49.2 Å². The summed E-state index contributed by atoms with van der Waals surface area (Å²) >= 11 is 2.15. The van der Waals surface area contributed by atoms with Crippen LogP contribution in [0.15, 0.2) is 18.7 Å². The third-order valence-electron chi connectivity index (χ3n) is 15.3. The minimum Gasteiger partial charge on any atom is -0.444 e. The highest BCUT2D eigenvalue weighted by molar-refractivity contribution is 14.1. The van der Waals surface area contributed by atoms with Gasteiger partial charge in [0.2, 0.25) is 23.6 Å². The number of carbonyl (C=O) groups excluding carboxylic acids is 6. The number of aromatic nitrogens is 6. The Morgan fingerprint density at radius 3 is 1.54 bits per heavy atom. The Hall–Kier alpha value is -5.46. The number of nitrogens with zero attached hydrogens (tertiary/aromatic N) is 11. The van der Waals surface area contributed by atoms with Crippen LogP contribution in [-0.4, -0.2) is 197 Å². The molecule has 0 aromatic carbocycles. The monoisotopic (exact) mass is 1220 g/mol. The van der Waals surface area contributed by atoms with E-state index in [-0.39, 0.29) is 53.8 Å². The highest BCUT2D eigenvalue weighted by Crippen LogP contribution is 2.36. The Kier molecular flexibility index (Phi) is 21.4. The van der Waals surface area contributed by atoms with Crippen LogP contribution in [0.3, 0.4) is 0 Å². The van der Waals surface area contributed by atoms with Gasteiger partial charge in [-0.2, -0.15) is 0 Å². The van der Waals surface area contributed by atoms with Gasteiger partial charge >= 0.3 is 12.2 Å². The first kappa shape index (κ1) is 62.1. The lowest BCUT2D eigenvalue weighted by molar-refractivity contribution is -0.132. The third-order valence-corrected chi connectivity index (χ3v) is 15.3. The third kappa shape index (κ3) is 17.8. The molecule has 7 heterocycles. The standard InChI is InChI=1S/C20H24N8O.C14H24N2O3.C13H22N2O3.C9H16N2O.CH3I/c1-3-28-18(14-8-21-12(2)22-9-14)26-16-17(23-11-24-19(16)28)25-15-6-7-27(10-15)20(29)13-4-5-13;1-14(2,3)19-13(18)15(4)11-7-8-16(9-11)12(17)10-5-6-10;1-13(2,3)18-12(17)14-10-6-7-15(8-10)11(16)9-4-5-9;1-10-8-4-5-11(6-8)9(12)7-2-3-7;1-2/h8-9,11,13,15H,3-7,10H2,1-2H3,(H,23,24,25);10-11H,5-9H2,1-4H3;9-10H,4-8H2,1-3H3,(H,14,17);7-8,10H,2-6H2,1H3;1H3/t;11-;10-;8-;/m.000./s1. The largest absolute Gasteiger partial charge is 0.444 e. The van der Waals surface area contributed by atoms with E-state index in [1.54, 1.807) is 30.7 Å². The van der Waals surface area contributed by atoms with Crippen LogP contribution < -0.4 is 16.0 Å². The highest BCUT2D eigenvalue weighted by atomic mass is 127. The van der Waals surface area contributed by atoms with Gasteiger partial charge in [-0.1, -0.05) is 22.6 Å². The number of fused-ring (bicyclic) bond motifs is 1. The Bertz CT molecular complexity index is 2610. The van der Waals surface area contributed by atoms with Crippen molar-refractivity contribution in [2.24, 2.45) is 23.7 Å². The Morgan fingerprint density at radius 2 is 1.07 bits per heavy atom. The molecule has 22 nitrogen and oxygen atoms in total. The van der Waals surface area contributed by atoms with Gasteiger partial charge in [0.15, 0.2) is 17.0 Å². The molecule has 4 saturated carbocycles. The number of nitrogens with one attached hydrogen (secondary N) is 3. The number of likely N-dealkylation sites (tertiary alicyclic amines) is 4. The van der Waals surface area contributed by atoms with Crippen molar-refractivity contribution >= 4 is 75.4 Å². The van der Waals surface area contributed by atoms with Crippen molar-refractivity contribution in [3.05, 3.63) is 24.5 Å². The number of likely N-dealkylation sites (N-methyl/N-ethyl adjacent to an activating group) is 2. The number of rotatable bonds is 11. The molecular weight excluding hydrogens is 1140 g/mol. The topological polar surface area (TPSA) is 243 Å². The summed E-state index contributed by atoms with van der Waals surface area (Å²) in [6.45, 7) is 21.9. The Morgan fingerprint density at radius 1 is 0.625 bits per heavy atom. The molecule has 0 spiro atoms. The number of aryl methyl sites for hydroxylation is 2. The van der Waals surface area contributed by atoms with Gasteiger partial charge in [-0.25, -0.2) is 34.5 Å². The molecule has 3 N–H and O–H groups in total. The number of hydrogen-bond acceptors (Lipinski definition) is 15. The number of carbonyl (C=O) groups is 6. The summed E-state index contributed by atoms with van der Waals surface area (Å²) in [5.74, 6) is 4.60. The van der Waals surface area contributed by atoms with Crippen LogP contribution in [-0.2, 0) is 35.2 Å². The molecule has 23 heteroatoms. The van der Waals surface area contributed by atoms with E-state index in [9.17, 15) is 28.8 Å². The fourth-order valence-electron chi connectivity index (χ4n) is 10.2. The molecular formula is C57H89IN14O8. The second-order valence-electron chi connectivity index (χ2n) is 24.4. The summed E-state index contributed by atoms with van der Waals surface area (Å²) in [7, 11) is 3.72. The first-order valence-corrected chi connectivity index (χ1v) is 31.2. The number of imidazole rings is 1. The maximum atomic E-state index is 12.3. The van der Waals surface area contributed by atoms with Crippen molar-refractivity contribution in [3.63, 3.8) is 0 Å². The highest BCUT2D eigenvalue weighted by Gasteiger charge is 2.41. The lowest BCUT2D eigenvalue weighted by Crippen LogP contribution is -2.42. The molecule has 1 unspecified atom stereocenters. The van der Waals surface area contributed by atoms with Gasteiger partial charge in [0.1, 0.15) is 29.2 Å². The van der Waals surface area contributed by atoms with Crippen molar-refractivity contribution in [2.45, 2.75) is 174 Å². The predicted octanol–water partition coefficient (Wildman–Crippen LogP) is 6.69.